The van der Waals surface area contributed by atoms with E-state index in [0.29, 0.717) is 0 Å². The second-order valence-electron chi connectivity index (χ2n) is 1.95. The highest BCUT2D eigenvalue weighted by atomic mass is 79.9. The van der Waals surface area contributed by atoms with Gasteiger partial charge in [0.15, 0.2) is 5.71 Å². The van der Waals surface area contributed by atoms with Crippen LogP contribution in [0.15, 0.2) is 15.3 Å². The van der Waals surface area contributed by atoms with E-state index < -0.39 is 11.9 Å². The van der Waals surface area contributed by atoms with E-state index in [4.69, 9.17) is 0 Å². The Morgan fingerprint density at radius 2 is 1.91 bits per heavy atom. The number of nitrogens with zero attached hydrogens (tertiary/aromatic N) is 2. The number of hydrogen-bond acceptors (Lipinski definition) is 1. The van der Waals surface area contributed by atoms with Crippen LogP contribution < -0.4 is 5.43 Å². The van der Waals surface area contributed by atoms with Crippen molar-refractivity contribution in [1.82, 2.24) is 5.43 Å². The van der Waals surface area contributed by atoms with E-state index in [0.717, 1.165) is 0 Å². The van der Waals surface area contributed by atoms with Gasteiger partial charge in [0.1, 0.15) is 0 Å². The number of rotatable bonds is 0. The minimum atomic E-state index is -4.42. The van der Waals surface area contributed by atoms with Crippen LogP contribution in [0.3, 0.4) is 0 Å². The molecule has 0 amide bonds. The van der Waals surface area contributed by atoms with Gasteiger partial charge in [-0.15, -0.1) is 5.10 Å². The first-order chi connectivity index (χ1) is 4.93. The normalized spacial score (nSPS) is 18.5. The Balaban J connectivity index is 2.94. The molecule has 1 rings (SSSR count). The average Bonchev–Trinajstić information content (AvgIpc) is 2.11. The van der Waals surface area contributed by atoms with E-state index >= 15 is 0 Å². The zero-order valence-electron chi connectivity index (χ0n) is 5.41. The third-order valence-corrected chi connectivity index (χ3v) is 2.04. The van der Waals surface area contributed by atoms with Crippen LogP contribution >= 0.6 is 15.9 Å². The fourth-order valence-corrected chi connectivity index (χ4v) is 0.949. The topological polar surface area (TPSA) is 26.5 Å². The Labute approximate surface area is 69.3 Å². The molecule has 0 bridgehead atoms. The SMILES string of the molecule is CC1=C(Br)C(C(F)(F)F)=N[N]1. The Kier molecular flexibility index (Phi) is 1.96. The van der Waals surface area contributed by atoms with E-state index in [9.17, 15) is 13.2 Å². The largest absolute Gasteiger partial charge is 0.436 e. The molecule has 11 heavy (non-hydrogen) atoms. The van der Waals surface area contributed by atoms with Crippen molar-refractivity contribution in [3.8, 4) is 0 Å². The quantitative estimate of drug-likeness (QED) is 0.607. The fraction of sp³-hybridized carbons (Fsp3) is 0.400. The van der Waals surface area contributed by atoms with Crippen LogP contribution in [0.5, 0.6) is 0 Å². The molecule has 0 aromatic rings. The Bertz CT molecular complexity index is 241. The molecule has 1 radical (unpaired) electrons. The molecule has 2 nitrogen and oxygen atoms in total. The number of hydrogen-bond donors (Lipinski definition) is 0. The van der Waals surface area contributed by atoms with Gasteiger partial charge in [-0.3, -0.25) is 0 Å². The molecule has 0 aromatic heterocycles. The molecule has 0 unspecified atom stereocenters. The van der Waals surface area contributed by atoms with Crippen LogP contribution in [0.25, 0.3) is 0 Å². The molecule has 1 heterocycles. The summed E-state index contributed by atoms with van der Waals surface area (Å²) in [7, 11) is 0. The Morgan fingerprint density at radius 1 is 1.36 bits per heavy atom. The summed E-state index contributed by atoms with van der Waals surface area (Å²) in [5.74, 6) is 0. The third kappa shape index (κ3) is 1.55. The van der Waals surface area contributed by atoms with Gasteiger partial charge in [0, 0.05) is 0 Å². The lowest BCUT2D eigenvalue weighted by molar-refractivity contribution is -0.0578. The van der Waals surface area contributed by atoms with Crippen molar-refractivity contribution in [3.05, 3.63) is 10.2 Å². The summed E-state index contributed by atoms with van der Waals surface area (Å²) in [6.07, 6.45) is -4.42. The van der Waals surface area contributed by atoms with Gasteiger partial charge in [-0.1, -0.05) is 0 Å². The standard InChI is InChI=1S/C5H3BrF3N2/c1-2-3(6)4(11-10-2)5(7,8)9/h1H3. The highest BCUT2D eigenvalue weighted by molar-refractivity contribution is 9.12. The molecule has 6 heteroatoms. The van der Waals surface area contributed by atoms with E-state index in [1.807, 2.05) is 0 Å². The third-order valence-electron chi connectivity index (χ3n) is 1.09. The molecule has 0 N–H and O–H groups in total. The maximum atomic E-state index is 11.9. The summed E-state index contributed by atoms with van der Waals surface area (Å²) in [6.45, 7) is 1.45. The molecule has 0 atom stereocenters. The van der Waals surface area contributed by atoms with E-state index in [2.05, 4.69) is 26.5 Å². The first kappa shape index (κ1) is 8.58. The van der Waals surface area contributed by atoms with Crippen molar-refractivity contribution in [1.29, 1.82) is 0 Å². The van der Waals surface area contributed by atoms with Gasteiger partial charge in [-0.05, 0) is 22.9 Å². The van der Waals surface area contributed by atoms with E-state index in [-0.39, 0.29) is 10.2 Å². The first-order valence-corrected chi connectivity index (χ1v) is 3.45. The summed E-state index contributed by atoms with van der Waals surface area (Å²) in [6, 6.07) is 0. The van der Waals surface area contributed by atoms with Crippen molar-refractivity contribution in [2.45, 2.75) is 13.1 Å². The van der Waals surface area contributed by atoms with Crippen LogP contribution in [0.2, 0.25) is 0 Å². The average molecular weight is 228 g/mol. The minimum absolute atomic E-state index is 0.0787. The van der Waals surface area contributed by atoms with Crippen molar-refractivity contribution in [2.75, 3.05) is 0 Å². The Morgan fingerprint density at radius 3 is 2.09 bits per heavy atom. The van der Waals surface area contributed by atoms with Crippen molar-refractivity contribution >= 4 is 21.6 Å². The molecule has 1 aliphatic heterocycles. The van der Waals surface area contributed by atoms with Crippen molar-refractivity contribution < 1.29 is 13.2 Å². The lowest BCUT2D eigenvalue weighted by Crippen LogP contribution is -2.21. The van der Waals surface area contributed by atoms with Gasteiger partial charge in [-0.25, -0.2) is 0 Å². The van der Waals surface area contributed by atoms with Gasteiger partial charge in [0.25, 0.3) is 0 Å². The van der Waals surface area contributed by atoms with Gasteiger partial charge in [0.2, 0.25) is 0 Å². The molecule has 0 spiro atoms. The Hall–Kier alpha value is -0.520. The molecule has 1 aliphatic rings. The first-order valence-electron chi connectivity index (χ1n) is 2.65. The molecule has 0 aromatic carbocycles. The summed E-state index contributed by atoms with van der Waals surface area (Å²) in [5.41, 5.74) is 2.55. The lowest BCUT2D eigenvalue weighted by Gasteiger charge is -2.03. The highest BCUT2D eigenvalue weighted by Gasteiger charge is 2.41. The summed E-state index contributed by atoms with van der Waals surface area (Å²) in [5, 5.41) is 2.96. The van der Waals surface area contributed by atoms with Crippen LogP contribution in [-0.2, 0) is 0 Å². The maximum Gasteiger partial charge on any atom is 0.436 e. The zero-order valence-corrected chi connectivity index (χ0v) is 6.99. The van der Waals surface area contributed by atoms with E-state index in [1.54, 1.807) is 0 Å². The highest BCUT2D eigenvalue weighted by Crippen LogP contribution is 2.30. The lowest BCUT2D eigenvalue weighted by atomic mass is 10.3. The summed E-state index contributed by atoms with van der Waals surface area (Å²) < 4.78 is 35.7. The van der Waals surface area contributed by atoms with Gasteiger partial charge < -0.3 is 0 Å². The number of alkyl halides is 3. The number of halogens is 4. The summed E-state index contributed by atoms with van der Waals surface area (Å²) >= 11 is 2.74. The molecular weight excluding hydrogens is 225 g/mol. The minimum Gasteiger partial charge on any atom is -0.164 e. The van der Waals surface area contributed by atoms with Gasteiger partial charge in [-0.2, -0.15) is 18.6 Å². The van der Waals surface area contributed by atoms with Crippen LogP contribution in [0, 0.1) is 0 Å². The maximum absolute atomic E-state index is 11.9. The van der Waals surface area contributed by atoms with Gasteiger partial charge in [0.05, 0.1) is 10.2 Å². The smallest absolute Gasteiger partial charge is 0.164 e. The van der Waals surface area contributed by atoms with Crippen LogP contribution in [0.1, 0.15) is 6.92 Å². The second kappa shape index (κ2) is 2.51. The second-order valence-corrected chi connectivity index (χ2v) is 2.74. The molecule has 0 saturated carbocycles. The number of allylic oxidation sites excluding steroid dienone is 2. The van der Waals surface area contributed by atoms with E-state index in [1.165, 1.54) is 6.92 Å². The van der Waals surface area contributed by atoms with Gasteiger partial charge >= 0.3 is 6.18 Å². The molecule has 0 fully saturated rings. The van der Waals surface area contributed by atoms with Crippen LogP contribution in [-0.4, -0.2) is 11.9 Å². The van der Waals surface area contributed by atoms with Crippen molar-refractivity contribution in [3.63, 3.8) is 0 Å². The fourth-order valence-electron chi connectivity index (χ4n) is 0.565. The summed E-state index contributed by atoms with van der Waals surface area (Å²) in [4.78, 5) is 0. The molecular formula is C5H3BrF3N2. The van der Waals surface area contributed by atoms with Crippen LogP contribution in [0.4, 0.5) is 13.2 Å². The monoisotopic (exact) mass is 227 g/mol. The molecule has 61 valence electrons. The molecule has 0 aliphatic carbocycles. The molecule has 0 saturated heterocycles. The van der Waals surface area contributed by atoms with Crippen molar-refractivity contribution in [2.24, 2.45) is 5.10 Å². The predicted molar refractivity (Wildman–Crippen MR) is 37.3 cm³/mol. The predicted octanol–water partition coefficient (Wildman–Crippen LogP) is 2.15. The zero-order chi connectivity index (χ0) is 8.65.